The molecule has 6 heteroatoms. The molecule has 0 saturated carbocycles. The number of rotatable bonds is 5. The lowest BCUT2D eigenvalue weighted by Gasteiger charge is -2.06. The van der Waals surface area contributed by atoms with Gasteiger partial charge in [-0.05, 0) is 24.3 Å². The molecule has 1 amide bonds. The predicted molar refractivity (Wildman–Crippen MR) is 78.1 cm³/mol. The summed E-state index contributed by atoms with van der Waals surface area (Å²) in [5, 5.41) is 4.32. The zero-order valence-electron chi connectivity index (χ0n) is 10.9. The van der Waals surface area contributed by atoms with Gasteiger partial charge in [0.1, 0.15) is 5.75 Å². The molecular formula is C14H14ClN3O2. The van der Waals surface area contributed by atoms with Crippen LogP contribution in [-0.4, -0.2) is 23.3 Å². The van der Waals surface area contributed by atoms with Crippen molar-refractivity contribution in [1.29, 1.82) is 0 Å². The first-order chi connectivity index (χ1) is 9.66. The maximum Gasteiger partial charge on any atom is 0.277 e. The van der Waals surface area contributed by atoms with Gasteiger partial charge >= 0.3 is 0 Å². The number of carbonyl (C=O) groups excluding carboxylic acids is 1. The minimum Gasteiger partial charge on any atom is -0.482 e. The highest BCUT2D eigenvalue weighted by Crippen LogP contribution is 2.22. The van der Waals surface area contributed by atoms with E-state index in [2.05, 4.69) is 10.5 Å². The standard InChI is InChI=1S/C14H14ClN3O2/c1-18-8-4-5-11(18)9-16-17-14(19)10-20-13-7-3-2-6-12(13)15/h2-9H,10H2,1H3,(H,17,19)/b16-9+. The maximum absolute atomic E-state index is 11.5. The molecule has 0 aliphatic carbocycles. The third-order valence-corrected chi connectivity index (χ3v) is 2.88. The summed E-state index contributed by atoms with van der Waals surface area (Å²) in [7, 11) is 1.89. The summed E-state index contributed by atoms with van der Waals surface area (Å²) < 4.78 is 7.17. The Morgan fingerprint density at radius 2 is 2.20 bits per heavy atom. The summed E-state index contributed by atoms with van der Waals surface area (Å²) in [6, 6.07) is 10.7. The monoisotopic (exact) mass is 291 g/mol. The fourth-order valence-electron chi connectivity index (χ4n) is 1.52. The Bertz CT molecular complexity index is 622. The molecule has 0 aliphatic heterocycles. The largest absolute Gasteiger partial charge is 0.482 e. The Kier molecular flexibility index (Phi) is 4.79. The van der Waals surface area contributed by atoms with Crippen LogP contribution >= 0.6 is 11.6 Å². The van der Waals surface area contributed by atoms with E-state index in [1.807, 2.05) is 29.9 Å². The Labute approximate surface area is 121 Å². The van der Waals surface area contributed by atoms with Crippen LogP contribution in [0.4, 0.5) is 0 Å². The molecule has 0 fully saturated rings. The topological polar surface area (TPSA) is 55.6 Å². The van der Waals surface area contributed by atoms with E-state index in [4.69, 9.17) is 16.3 Å². The average molecular weight is 292 g/mol. The van der Waals surface area contributed by atoms with Crippen molar-refractivity contribution < 1.29 is 9.53 Å². The van der Waals surface area contributed by atoms with Crippen LogP contribution in [0.15, 0.2) is 47.7 Å². The molecule has 1 aromatic heterocycles. The molecule has 0 spiro atoms. The summed E-state index contributed by atoms with van der Waals surface area (Å²) in [6.45, 7) is -0.145. The highest BCUT2D eigenvalue weighted by molar-refractivity contribution is 6.32. The van der Waals surface area contributed by atoms with E-state index < -0.39 is 0 Å². The summed E-state index contributed by atoms with van der Waals surface area (Å²) in [5.74, 6) is 0.117. The lowest BCUT2D eigenvalue weighted by Crippen LogP contribution is -2.24. The van der Waals surface area contributed by atoms with Crippen molar-refractivity contribution >= 4 is 23.7 Å². The molecule has 0 aliphatic rings. The minimum absolute atomic E-state index is 0.145. The summed E-state index contributed by atoms with van der Waals surface area (Å²) >= 11 is 5.91. The van der Waals surface area contributed by atoms with Crippen molar-refractivity contribution in [2.24, 2.45) is 12.1 Å². The van der Waals surface area contributed by atoms with Crippen LogP contribution < -0.4 is 10.2 Å². The Balaban J connectivity index is 1.80. The zero-order chi connectivity index (χ0) is 14.4. The van der Waals surface area contributed by atoms with Gasteiger partial charge in [0.15, 0.2) is 6.61 Å². The van der Waals surface area contributed by atoms with Crippen LogP contribution in [0.3, 0.4) is 0 Å². The van der Waals surface area contributed by atoms with Gasteiger partial charge in [0, 0.05) is 13.2 Å². The molecule has 1 aromatic carbocycles. The van der Waals surface area contributed by atoms with E-state index in [9.17, 15) is 4.79 Å². The second-order valence-corrected chi connectivity index (χ2v) is 4.46. The Morgan fingerprint density at radius 3 is 2.90 bits per heavy atom. The highest BCUT2D eigenvalue weighted by Gasteiger charge is 2.04. The van der Waals surface area contributed by atoms with E-state index in [1.54, 1.807) is 30.5 Å². The molecule has 1 N–H and O–H groups in total. The molecule has 20 heavy (non-hydrogen) atoms. The number of ether oxygens (including phenoxy) is 1. The molecule has 0 radical (unpaired) electrons. The molecule has 0 atom stereocenters. The Morgan fingerprint density at radius 1 is 1.40 bits per heavy atom. The van der Waals surface area contributed by atoms with Crippen molar-refractivity contribution in [3.05, 3.63) is 53.3 Å². The van der Waals surface area contributed by atoms with Gasteiger partial charge in [0.25, 0.3) is 5.91 Å². The second-order valence-electron chi connectivity index (χ2n) is 4.06. The number of para-hydroxylation sites is 1. The SMILES string of the molecule is Cn1cccc1/C=N/NC(=O)COc1ccccc1Cl. The van der Waals surface area contributed by atoms with Crippen LogP contribution in [0, 0.1) is 0 Å². The first-order valence-corrected chi connectivity index (χ1v) is 6.35. The first kappa shape index (κ1) is 14.1. The molecule has 0 unspecified atom stereocenters. The molecule has 0 saturated heterocycles. The quantitative estimate of drug-likeness (QED) is 0.678. The van der Waals surface area contributed by atoms with Crippen LogP contribution in [0.1, 0.15) is 5.69 Å². The summed E-state index contributed by atoms with van der Waals surface area (Å²) in [6.07, 6.45) is 3.46. The number of aryl methyl sites for hydroxylation is 1. The molecule has 104 valence electrons. The van der Waals surface area contributed by atoms with E-state index in [1.165, 1.54) is 0 Å². The fourth-order valence-corrected chi connectivity index (χ4v) is 1.71. The van der Waals surface area contributed by atoms with E-state index >= 15 is 0 Å². The number of carbonyl (C=O) groups is 1. The van der Waals surface area contributed by atoms with Crippen LogP contribution in [0.5, 0.6) is 5.75 Å². The smallest absolute Gasteiger partial charge is 0.277 e. The predicted octanol–water partition coefficient (Wildman–Crippen LogP) is 2.21. The van der Waals surface area contributed by atoms with Crippen molar-refractivity contribution in [3.63, 3.8) is 0 Å². The minimum atomic E-state index is -0.352. The second kappa shape index (κ2) is 6.77. The lowest BCUT2D eigenvalue weighted by atomic mass is 10.3. The molecule has 0 bridgehead atoms. The normalized spacial score (nSPS) is 10.7. The number of amides is 1. The number of aromatic nitrogens is 1. The van der Waals surface area contributed by atoms with Gasteiger partial charge in [0.2, 0.25) is 0 Å². The van der Waals surface area contributed by atoms with Crippen molar-refractivity contribution in [1.82, 2.24) is 9.99 Å². The average Bonchev–Trinajstić information content (AvgIpc) is 2.84. The number of nitrogens with one attached hydrogen (secondary N) is 1. The maximum atomic E-state index is 11.5. The third-order valence-electron chi connectivity index (χ3n) is 2.57. The van der Waals surface area contributed by atoms with Crippen molar-refractivity contribution in [3.8, 4) is 5.75 Å². The van der Waals surface area contributed by atoms with Gasteiger partial charge in [-0.1, -0.05) is 23.7 Å². The van der Waals surface area contributed by atoms with Gasteiger partial charge in [-0.15, -0.1) is 0 Å². The summed E-state index contributed by atoms with van der Waals surface area (Å²) in [5.41, 5.74) is 3.27. The highest BCUT2D eigenvalue weighted by atomic mass is 35.5. The van der Waals surface area contributed by atoms with Crippen LogP contribution in [0.2, 0.25) is 5.02 Å². The molecule has 1 heterocycles. The fraction of sp³-hybridized carbons (Fsp3) is 0.143. The number of halogens is 1. The number of hydrazone groups is 1. The number of benzene rings is 1. The van der Waals surface area contributed by atoms with Gasteiger partial charge in [-0.2, -0.15) is 5.10 Å². The first-order valence-electron chi connectivity index (χ1n) is 5.97. The van der Waals surface area contributed by atoms with Gasteiger partial charge in [0.05, 0.1) is 16.9 Å². The number of hydrogen-bond acceptors (Lipinski definition) is 3. The van der Waals surface area contributed by atoms with Crippen molar-refractivity contribution in [2.45, 2.75) is 0 Å². The van der Waals surface area contributed by atoms with Crippen LogP contribution in [0.25, 0.3) is 0 Å². The van der Waals surface area contributed by atoms with Crippen LogP contribution in [-0.2, 0) is 11.8 Å². The van der Waals surface area contributed by atoms with Crippen molar-refractivity contribution in [2.75, 3.05) is 6.61 Å². The van der Waals surface area contributed by atoms with E-state index in [0.29, 0.717) is 10.8 Å². The lowest BCUT2D eigenvalue weighted by molar-refractivity contribution is -0.123. The molecular weight excluding hydrogens is 278 g/mol. The molecule has 2 aromatic rings. The summed E-state index contributed by atoms with van der Waals surface area (Å²) in [4.78, 5) is 11.5. The van der Waals surface area contributed by atoms with Gasteiger partial charge in [-0.25, -0.2) is 5.43 Å². The number of hydrogen-bond donors (Lipinski definition) is 1. The zero-order valence-corrected chi connectivity index (χ0v) is 11.7. The van der Waals surface area contributed by atoms with Gasteiger partial charge < -0.3 is 9.30 Å². The third kappa shape index (κ3) is 3.86. The van der Waals surface area contributed by atoms with Gasteiger partial charge in [-0.3, -0.25) is 4.79 Å². The van der Waals surface area contributed by atoms with E-state index in [0.717, 1.165) is 5.69 Å². The van der Waals surface area contributed by atoms with E-state index in [-0.39, 0.29) is 12.5 Å². The molecule has 2 rings (SSSR count). The molecule has 5 nitrogen and oxygen atoms in total. The Hall–Kier alpha value is -2.27. The number of nitrogens with zero attached hydrogens (tertiary/aromatic N) is 2.